The number of rotatable bonds is 7. The van der Waals surface area contributed by atoms with Crippen LogP contribution in [0.25, 0.3) is 0 Å². The Kier molecular flexibility index (Phi) is 6.77. The molecule has 1 aromatic rings. The zero-order chi connectivity index (χ0) is 12.7. The molecule has 0 saturated carbocycles. The van der Waals surface area contributed by atoms with Crippen molar-refractivity contribution in [2.24, 2.45) is 0 Å². The van der Waals surface area contributed by atoms with Crippen molar-refractivity contribution in [3.8, 4) is 0 Å². The molecule has 0 aliphatic carbocycles. The first-order valence-corrected chi connectivity index (χ1v) is 7.49. The van der Waals surface area contributed by atoms with Crippen LogP contribution < -0.4 is 10.6 Å². The summed E-state index contributed by atoms with van der Waals surface area (Å²) in [6, 6.07) is 4.45. The van der Waals surface area contributed by atoms with E-state index in [9.17, 15) is 4.79 Å². The first kappa shape index (κ1) is 14.7. The second-order valence-electron chi connectivity index (χ2n) is 3.92. The lowest BCUT2D eigenvalue weighted by atomic mass is 10.2. The van der Waals surface area contributed by atoms with Crippen LogP contribution in [0.15, 0.2) is 15.9 Å². The van der Waals surface area contributed by atoms with Crippen LogP contribution in [0.1, 0.15) is 37.6 Å². The standard InChI is InChI=1S/C12H19BrN2OS/c1-3-7-15-12(16)6-8-14-9(2)10-4-5-11(13)17-10/h4-5,9,14H,3,6-8H2,1-2H3,(H,15,16). The molecule has 1 unspecified atom stereocenters. The van der Waals surface area contributed by atoms with Gasteiger partial charge in [0.15, 0.2) is 0 Å². The van der Waals surface area contributed by atoms with E-state index in [1.165, 1.54) is 4.88 Å². The molecule has 0 aliphatic heterocycles. The molecular weight excluding hydrogens is 300 g/mol. The fourth-order valence-electron chi connectivity index (χ4n) is 1.42. The lowest BCUT2D eigenvalue weighted by Crippen LogP contribution is -2.29. The predicted molar refractivity (Wildman–Crippen MR) is 76.4 cm³/mol. The molecular formula is C12H19BrN2OS. The minimum Gasteiger partial charge on any atom is -0.356 e. The normalized spacial score (nSPS) is 12.4. The van der Waals surface area contributed by atoms with Crippen molar-refractivity contribution >= 4 is 33.2 Å². The summed E-state index contributed by atoms with van der Waals surface area (Å²) in [5, 5.41) is 6.21. The van der Waals surface area contributed by atoms with Crippen molar-refractivity contribution in [3.63, 3.8) is 0 Å². The van der Waals surface area contributed by atoms with E-state index in [2.05, 4.69) is 46.5 Å². The Morgan fingerprint density at radius 1 is 1.47 bits per heavy atom. The second kappa shape index (κ2) is 7.84. The molecule has 2 N–H and O–H groups in total. The lowest BCUT2D eigenvalue weighted by Gasteiger charge is -2.11. The van der Waals surface area contributed by atoms with Gasteiger partial charge in [-0.05, 0) is 41.4 Å². The number of amides is 1. The molecule has 0 bridgehead atoms. The van der Waals surface area contributed by atoms with E-state index in [-0.39, 0.29) is 5.91 Å². The summed E-state index contributed by atoms with van der Waals surface area (Å²) in [4.78, 5) is 12.7. The number of nitrogens with one attached hydrogen (secondary N) is 2. The van der Waals surface area contributed by atoms with Gasteiger partial charge in [0, 0.05) is 30.4 Å². The van der Waals surface area contributed by atoms with E-state index in [1.54, 1.807) is 11.3 Å². The van der Waals surface area contributed by atoms with Crippen molar-refractivity contribution in [2.45, 2.75) is 32.7 Å². The van der Waals surface area contributed by atoms with Gasteiger partial charge < -0.3 is 10.6 Å². The van der Waals surface area contributed by atoms with Crippen LogP contribution in [-0.2, 0) is 4.79 Å². The fourth-order valence-corrected chi connectivity index (χ4v) is 2.87. The van der Waals surface area contributed by atoms with E-state index in [0.29, 0.717) is 19.0 Å². The van der Waals surface area contributed by atoms with Gasteiger partial charge in [0.2, 0.25) is 5.91 Å². The van der Waals surface area contributed by atoms with E-state index >= 15 is 0 Å². The summed E-state index contributed by atoms with van der Waals surface area (Å²) in [6.07, 6.45) is 1.52. The highest BCUT2D eigenvalue weighted by Crippen LogP contribution is 2.26. The quantitative estimate of drug-likeness (QED) is 0.811. The lowest BCUT2D eigenvalue weighted by molar-refractivity contribution is -0.121. The summed E-state index contributed by atoms with van der Waals surface area (Å²) < 4.78 is 1.14. The average Bonchev–Trinajstić information content (AvgIpc) is 2.73. The first-order chi connectivity index (χ1) is 8.13. The maximum absolute atomic E-state index is 11.4. The Bertz CT molecular complexity index is 354. The van der Waals surface area contributed by atoms with Crippen LogP contribution >= 0.6 is 27.3 Å². The summed E-state index contributed by atoms with van der Waals surface area (Å²) >= 11 is 5.17. The SMILES string of the molecule is CCCNC(=O)CCNC(C)c1ccc(Br)s1. The Morgan fingerprint density at radius 3 is 2.82 bits per heavy atom. The average molecular weight is 319 g/mol. The molecule has 0 aliphatic rings. The Hall–Kier alpha value is -0.390. The molecule has 0 aromatic carbocycles. The van der Waals surface area contributed by atoms with Crippen molar-refractivity contribution in [3.05, 3.63) is 20.8 Å². The van der Waals surface area contributed by atoms with Crippen LogP contribution in [-0.4, -0.2) is 19.0 Å². The molecule has 17 heavy (non-hydrogen) atoms. The molecule has 1 atom stereocenters. The Balaban J connectivity index is 2.20. The third-order valence-corrected chi connectivity index (χ3v) is 4.20. The van der Waals surface area contributed by atoms with Crippen molar-refractivity contribution in [1.82, 2.24) is 10.6 Å². The molecule has 0 radical (unpaired) electrons. The van der Waals surface area contributed by atoms with Crippen LogP contribution in [0.2, 0.25) is 0 Å². The van der Waals surface area contributed by atoms with Gasteiger partial charge in [0.1, 0.15) is 0 Å². The summed E-state index contributed by atoms with van der Waals surface area (Å²) in [5.41, 5.74) is 0. The minimum absolute atomic E-state index is 0.124. The van der Waals surface area contributed by atoms with Gasteiger partial charge in [0.05, 0.1) is 3.79 Å². The van der Waals surface area contributed by atoms with E-state index < -0.39 is 0 Å². The summed E-state index contributed by atoms with van der Waals surface area (Å²) in [7, 11) is 0. The highest BCUT2D eigenvalue weighted by molar-refractivity contribution is 9.11. The summed E-state index contributed by atoms with van der Waals surface area (Å²) in [6.45, 7) is 5.65. The zero-order valence-electron chi connectivity index (χ0n) is 10.3. The molecule has 1 heterocycles. The van der Waals surface area contributed by atoms with Crippen LogP contribution in [0, 0.1) is 0 Å². The minimum atomic E-state index is 0.124. The Morgan fingerprint density at radius 2 is 2.24 bits per heavy atom. The maximum Gasteiger partial charge on any atom is 0.221 e. The molecule has 1 rings (SSSR count). The fraction of sp³-hybridized carbons (Fsp3) is 0.583. The monoisotopic (exact) mass is 318 g/mol. The molecule has 5 heteroatoms. The van der Waals surface area contributed by atoms with Gasteiger partial charge in [0.25, 0.3) is 0 Å². The Labute approximate surface area is 115 Å². The second-order valence-corrected chi connectivity index (χ2v) is 6.41. The number of hydrogen-bond acceptors (Lipinski definition) is 3. The third-order valence-electron chi connectivity index (χ3n) is 2.40. The van der Waals surface area contributed by atoms with Gasteiger partial charge >= 0.3 is 0 Å². The van der Waals surface area contributed by atoms with Gasteiger partial charge in [-0.3, -0.25) is 4.79 Å². The van der Waals surface area contributed by atoms with Crippen molar-refractivity contribution < 1.29 is 4.79 Å². The highest BCUT2D eigenvalue weighted by atomic mass is 79.9. The van der Waals surface area contributed by atoms with E-state index in [4.69, 9.17) is 0 Å². The largest absolute Gasteiger partial charge is 0.356 e. The van der Waals surface area contributed by atoms with Gasteiger partial charge in [-0.25, -0.2) is 0 Å². The zero-order valence-corrected chi connectivity index (χ0v) is 12.7. The molecule has 3 nitrogen and oxygen atoms in total. The maximum atomic E-state index is 11.4. The summed E-state index contributed by atoms with van der Waals surface area (Å²) in [5.74, 6) is 0.124. The van der Waals surface area contributed by atoms with Crippen molar-refractivity contribution in [2.75, 3.05) is 13.1 Å². The number of carbonyl (C=O) groups excluding carboxylic acids is 1. The number of hydrogen-bond donors (Lipinski definition) is 2. The number of thiophene rings is 1. The first-order valence-electron chi connectivity index (χ1n) is 5.88. The number of carbonyl (C=O) groups is 1. The van der Waals surface area contributed by atoms with Crippen LogP contribution in [0.5, 0.6) is 0 Å². The number of halogens is 1. The van der Waals surface area contributed by atoms with E-state index in [0.717, 1.165) is 16.8 Å². The van der Waals surface area contributed by atoms with Gasteiger partial charge in [-0.2, -0.15) is 0 Å². The molecule has 1 amide bonds. The van der Waals surface area contributed by atoms with Gasteiger partial charge in [-0.1, -0.05) is 6.92 Å². The smallest absolute Gasteiger partial charge is 0.221 e. The highest BCUT2D eigenvalue weighted by Gasteiger charge is 2.08. The molecule has 96 valence electrons. The molecule has 0 spiro atoms. The predicted octanol–water partition coefficient (Wildman–Crippen LogP) is 3.08. The topological polar surface area (TPSA) is 41.1 Å². The molecule has 0 saturated heterocycles. The van der Waals surface area contributed by atoms with Crippen LogP contribution in [0.3, 0.4) is 0 Å². The molecule has 1 aromatic heterocycles. The molecule has 0 fully saturated rings. The van der Waals surface area contributed by atoms with Gasteiger partial charge in [-0.15, -0.1) is 11.3 Å². The van der Waals surface area contributed by atoms with E-state index in [1.807, 2.05) is 6.07 Å². The van der Waals surface area contributed by atoms with Crippen molar-refractivity contribution in [1.29, 1.82) is 0 Å². The third kappa shape index (κ3) is 5.66. The van der Waals surface area contributed by atoms with Crippen LogP contribution in [0.4, 0.5) is 0 Å².